The summed E-state index contributed by atoms with van der Waals surface area (Å²) in [6, 6.07) is 8.70. The van der Waals surface area contributed by atoms with E-state index in [2.05, 4.69) is 20.2 Å². The van der Waals surface area contributed by atoms with Gasteiger partial charge in [-0.1, -0.05) is 6.07 Å². The number of ether oxygens (including phenoxy) is 1. The second kappa shape index (κ2) is 8.62. The predicted molar refractivity (Wildman–Crippen MR) is 103 cm³/mol. The molecule has 1 saturated heterocycles. The second-order valence-electron chi connectivity index (χ2n) is 6.55. The minimum atomic E-state index is -0.389. The highest BCUT2D eigenvalue weighted by Crippen LogP contribution is 2.22. The van der Waals surface area contributed by atoms with Crippen molar-refractivity contribution in [3.63, 3.8) is 0 Å². The van der Waals surface area contributed by atoms with Crippen LogP contribution in [0, 0.1) is 12.8 Å². The summed E-state index contributed by atoms with van der Waals surface area (Å²) in [5.41, 5.74) is 1.97. The molecule has 0 unspecified atom stereocenters. The lowest BCUT2D eigenvalue weighted by Crippen LogP contribution is -2.39. The standard InChI is InChI=1S/C20H24N4O3/c1-3-27-19(26)16-5-4-6-17(13-16)23-18(25)15-8-11-24(12-9-15)20-21-10-7-14(2)22-20/h4-7,10,13,15H,3,8-9,11-12H2,1-2H3,(H,23,25). The smallest absolute Gasteiger partial charge is 0.338 e. The van der Waals surface area contributed by atoms with Crippen molar-refractivity contribution < 1.29 is 14.3 Å². The van der Waals surface area contributed by atoms with Crippen molar-refractivity contribution in [1.29, 1.82) is 0 Å². The van der Waals surface area contributed by atoms with Crippen LogP contribution in [-0.2, 0) is 9.53 Å². The maximum absolute atomic E-state index is 12.6. The lowest BCUT2D eigenvalue weighted by molar-refractivity contribution is -0.120. The fourth-order valence-corrected chi connectivity index (χ4v) is 3.11. The van der Waals surface area contributed by atoms with E-state index in [1.807, 2.05) is 13.0 Å². The van der Waals surface area contributed by atoms with E-state index in [0.29, 0.717) is 17.9 Å². The molecule has 2 aromatic rings. The Hall–Kier alpha value is -2.96. The first-order valence-corrected chi connectivity index (χ1v) is 9.19. The number of benzene rings is 1. The van der Waals surface area contributed by atoms with Crippen molar-refractivity contribution >= 4 is 23.5 Å². The molecular weight excluding hydrogens is 344 g/mol. The van der Waals surface area contributed by atoms with Gasteiger partial charge in [-0.05, 0) is 51.0 Å². The van der Waals surface area contributed by atoms with Gasteiger partial charge >= 0.3 is 5.97 Å². The molecule has 7 heteroatoms. The highest BCUT2D eigenvalue weighted by Gasteiger charge is 2.26. The summed E-state index contributed by atoms with van der Waals surface area (Å²) < 4.78 is 5.00. The first-order valence-electron chi connectivity index (χ1n) is 9.19. The molecule has 1 aliphatic rings. The zero-order valence-corrected chi connectivity index (χ0v) is 15.6. The number of anilines is 2. The van der Waals surface area contributed by atoms with Crippen LogP contribution in [0.15, 0.2) is 36.5 Å². The Morgan fingerprint density at radius 1 is 1.26 bits per heavy atom. The zero-order chi connectivity index (χ0) is 19.2. The van der Waals surface area contributed by atoms with Crippen LogP contribution in [0.4, 0.5) is 11.6 Å². The molecule has 1 fully saturated rings. The summed E-state index contributed by atoms with van der Waals surface area (Å²) in [6.07, 6.45) is 3.23. The molecule has 1 N–H and O–H groups in total. The van der Waals surface area contributed by atoms with Gasteiger partial charge in [-0.25, -0.2) is 14.8 Å². The molecule has 1 aliphatic heterocycles. The van der Waals surface area contributed by atoms with E-state index in [0.717, 1.165) is 37.6 Å². The third kappa shape index (κ3) is 4.81. The van der Waals surface area contributed by atoms with E-state index in [1.54, 1.807) is 37.4 Å². The zero-order valence-electron chi connectivity index (χ0n) is 15.6. The van der Waals surface area contributed by atoms with Crippen molar-refractivity contribution in [3.05, 3.63) is 47.8 Å². The lowest BCUT2D eigenvalue weighted by atomic mass is 9.96. The predicted octanol–water partition coefficient (Wildman–Crippen LogP) is 2.82. The SMILES string of the molecule is CCOC(=O)c1cccc(NC(=O)C2CCN(c3nccc(C)n3)CC2)c1. The van der Waals surface area contributed by atoms with Gasteiger partial charge < -0.3 is 15.0 Å². The summed E-state index contributed by atoms with van der Waals surface area (Å²) in [4.78, 5) is 35.3. The van der Waals surface area contributed by atoms with Gasteiger partial charge in [0.05, 0.1) is 12.2 Å². The highest BCUT2D eigenvalue weighted by atomic mass is 16.5. The van der Waals surface area contributed by atoms with Crippen LogP contribution >= 0.6 is 0 Å². The van der Waals surface area contributed by atoms with Crippen molar-refractivity contribution in [1.82, 2.24) is 9.97 Å². The van der Waals surface area contributed by atoms with E-state index < -0.39 is 0 Å². The van der Waals surface area contributed by atoms with Crippen molar-refractivity contribution in [2.45, 2.75) is 26.7 Å². The fraction of sp³-hybridized carbons (Fsp3) is 0.400. The monoisotopic (exact) mass is 368 g/mol. The Bertz CT molecular complexity index is 816. The number of piperidine rings is 1. The number of aromatic nitrogens is 2. The molecule has 2 heterocycles. The van der Waals surface area contributed by atoms with Crippen molar-refractivity contribution in [2.24, 2.45) is 5.92 Å². The van der Waals surface area contributed by atoms with Crippen LogP contribution in [0.3, 0.4) is 0 Å². The molecule has 1 aromatic heterocycles. The fourth-order valence-electron chi connectivity index (χ4n) is 3.11. The number of nitrogens with zero attached hydrogens (tertiary/aromatic N) is 3. The number of amides is 1. The minimum absolute atomic E-state index is 0.0270. The maximum Gasteiger partial charge on any atom is 0.338 e. The van der Waals surface area contributed by atoms with Crippen molar-refractivity contribution in [2.75, 3.05) is 29.9 Å². The summed E-state index contributed by atoms with van der Waals surface area (Å²) in [7, 11) is 0. The number of nitrogens with one attached hydrogen (secondary N) is 1. The van der Waals surface area contributed by atoms with Crippen LogP contribution in [0.5, 0.6) is 0 Å². The van der Waals surface area contributed by atoms with Gasteiger partial charge in [-0.15, -0.1) is 0 Å². The van der Waals surface area contributed by atoms with Gasteiger partial charge in [-0.3, -0.25) is 4.79 Å². The molecule has 142 valence electrons. The molecule has 0 aliphatic carbocycles. The average molecular weight is 368 g/mol. The molecule has 0 spiro atoms. The summed E-state index contributed by atoms with van der Waals surface area (Å²) in [5.74, 6) is 0.231. The van der Waals surface area contributed by atoms with Crippen LogP contribution in [0.2, 0.25) is 0 Å². The summed E-state index contributed by atoms with van der Waals surface area (Å²) in [5, 5.41) is 2.92. The summed E-state index contributed by atoms with van der Waals surface area (Å²) in [6.45, 7) is 5.50. The van der Waals surface area contributed by atoms with Crippen molar-refractivity contribution in [3.8, 4) is 0 Å². The Morgan fingerprint density at radius 2 is 2.04 bits per heavy atom. The normalized spacial score (nSPS) is 14.7. The van der Waals surface area contributed by atoms with Crippen LogP contribution in [0.25, 0.3) is 0 Å². The first kappa shape index (κ1) is 18.8. The van der Waals surface area contributed by atoms with E-state index in [1.165, 1.54) is 0 Å². The van der Waals surface area contributed by atoms with E-state index in [-0.39, 0.29) is 17.8 Å². The number of hydrogen-bond acceptors (Lipinski definition) is 6. The van der Waals surface area contributed by atoms with Crippen LogP contribution in [0.1, 0.15) is 35.8 Å². The third-order valence-corrected chi connectivity index (χ3v) is 4.57. The molecule has 0 atom stereocenters. The first-order chi connectivity index (χ1) is 13.1. The van der Waals surface area contributed by atoms with Crippen LogP contribution < -0.4 is 10.2 Å². The van der Waals surface area contributed by atoms with Crippen LogP contribution in [-0.4, -0.2) is 41.5 Å². The number of rotatable bonds is 5. The van der Waals surface area contributed by atoms with Gasteiger partial charge in [0, 0.05) is 36.6 Å². The molecule has 7 nitrogen and oxygen atoms in total. The van der Waals surface area contributed by atoms with E-state index in [9.17, 15) is 9.59 Å². The number of carbonyl (C=O) groups is 2. The third-order valence-electron chi connectivity index (χ3n) is 4.57. The Balaban J connectivity index is 1.57. The number of hydrogen-bond donors (Lipinski definition) is 1. The molecule has 1 amide bonds. The number of carbonyl (C=O) groups excluding carboxylic acids is 2. The van der Waals surface area contributed by atoms with E-state index >= 15 is 0 Å². The molecule has 27 heavy (non-hydrogen) atoms. The Kier molecular flexibility index (Phi) is 6.01. The van der Waals surface area contributed by atoms with Gasteiger partial charge in [0.15, 0.2) is 0 Å². The Labute approximate surface area is 158 Å². The largest absolute Gasteiger partial charge is 0.462 e. The molecular formula is C20H24N4O3. The van der Waals surface area contributed by atoms with Gasteiger partial charge in [0.1, 0.15) is 0 Å². The average Bonchev–Trinajstić information content (AvgIpc) is 2.68. The number of esters is 1. The maximum atomic E-state index is 12.6. The molecule has 0 bridgehead atoms. The minimum Gasteiger partial charge on any atom is -0.462 e. The molecule has 0 radical (unpaired) electrons. The van der Waals surface area contributed by atoms with Gasteiger partial charge in [0.2, 0.25) is 11.9 Å². The topological polar surface area (TPSA) is 84.4 Å². The summed E-state index contributed by atoms with van der Waals surface area (Å²) >= 11 is 0. The molecule has 3 rings (SSSR count). The lowest BCUT2D eigenvalue weighted by Gasteiger charge is -2.31. The van der Waals surface area contributed by atoms with Gasteiger partial charge in [-0.2, -0.15) is 0 Å². The molecule has 0 saturated carbocycles. The number of aryl methyl sites for hydroxylation is 1. The highest BCUT2D eigenvalue weighted by molar-refractivity contribution is 5.95. The Morgan fingerprint density at radius 3 is 2.74 bits per heavy atom. The second-order valence-corrected chi connectivity index (χ2v) is 6.55. The molecule has 1 aromatic carbocycles. The van der Waals surface area contributed by atoms with E-state index in [4.69, 9.17) is 4.74 Å². The quantitative estimate of drug-likeness (QED) is 0.817. The van der Waals surface area contributed by atoms with Gasteiger partial charge in [0.25, 0.3) is 0 Å².